The van der Waals surface area contributed by atoms with Gasteiger partial charge in [0.15, 0.2) is 6.10 Å². The standard InChI is InChI=1S/C21H33N3O3/c1-16(2)22-21(26)20-19(25)9-8-18(27-20)10-11-23-12-14-24(15-13-23)17-6-4-3-5-7-17/h3-7,16,18-20,25H,8-15H2,1-2H3,(H,22,26)/t18-,19-,20+/m0/s1. The molecule has 6 nitrogen and oxygen atoms in total. The average molecular weight is 376 g/mol. The third-order valence-corrected chi connectivity index (χ3v) is 5.42. The Hall–Kier alpha value is -1.63. The van der Waals surface area contributed by atoms with E-state index in [0.717, 1.165) is 45.6 Å². The molecular formula is C21H33N3O3. The Labute approximate surface area is 162 Å². The fraction of sp³-hybridized carbons (Fsp3) is 0.667. The summed E-state index contributed by atoms with van der Waals surface area (Å²) < 4.78 is 5.94. The van der Waals surface area contributed by atoms with E-state index >= 15 is 0 Å². The van der Waals surface area contributed by atoms with E-state index in [1.165, 1.54) is 5.69 Å². The second-order valence-electron chi connectivity index (χ2n) is 7.94. The number of hydrogen-bond acceptors (Lipinski definition) is 5. The predicted molar refractivity (Wildman–Crippen MR) is 107 cm³/mol. The van der Waals surface area contributed by atoms with E-state index in [9.17, 15) is 9.90 Å². The molecular weight excluding hydrogens is 342 g/mol. The van der Waals surface area contributed by atoms with Crippen LogP contribution in [0.3, 0.4) is 0 Å². The van der Waals surface area contributed by atoms with Crippen LogP contribution in [0.2, 0.25) is 0 Å². The number of aliphatic hydroxyl groups is 1. The molecule has 6 heteroatoms. The zero-order chi connectivity index (χ0) is 19.2. The molecule has 0 aromatic heterocycles. The van der Waals surface area contributed by atoms with E-state index in [2.05, 4.69) is 45.4 Å². The number of benzene rings is 1. The molecule has 1 aromatic rings. The summed E-state index contributed by atoms with van der Waals surface area (Å²) in [6.07, 6.45) is 0.960. The first kappa shape index (κ1) is 20.1. The highest BCUT2D eigenvalue weighted by molar-refractivity contribution is 5.81. The number of ether oxygens (including phenoxy) is 1. The summed E-state index contributed by atoms with van der Waals surface area (Å²) in [6.45, 7) is 8.96. The predicted octanol–water partition coefficient (Wildman–Crippen LogP) is 1.63. The van der Waals surface area contributed by atoms with Gasteiger partial charge in [0.25, 0.3) is 5.91 Å². The topological polar surface area (TPSA) is 65.0 Å². The molecule has 2 saturated heterocycles. The van der Waals surface area contributed by atoms with Gasteiger partial charge in [-0.15, -0.1) is 0 Å². The molecule has 0 bridgehead atoms. The summed E-state index contributed by atoms with van der Waals surface area (Å²) in [5, 5.41) is 13.0. The quantitative estimate of drug-likeness (QED) is 0.791. The molecule has 3 atom stereocenters. The highest BCUT2D eigenvalue weighted by Crippen LogP contribution is 2.23. The number of para-hydroxylation sites is 1. The van der Waals surface area contributed by atoms with Gasteiger partial charge in [-0.1, -0.05) is 18.2 Å². The molecule has 0 radical (unpaired) electrons. The van der Waals surface area contributed by atoms with E-state index in [4.69, 9.17) is 4.74 Å². The molecule has 0 unspecified atom stereocenters. The number of amides is 1. The van der Waals surface area contributed by atoms with Gasteiger partial charge in [0, 0.05) is 44.5 Å². The Morgan fingerprint density at radius 1 is 1.19 bits per heavy atom. The van der Waals surface area contributed by atoms with Gasteiger partial charge < -0.3 is 20.1 Å². The van der Waals surface area contributed by atoms with E-state index in [1.54, 1.807) is 0 Å². The van der Waals surface area contributed by atoms with Crippen molar-refractivity contribution in [2.45, 2.75) is 57.5 Å². The Bertz CT molecular complexity index is 588. The van der Waals surface area contributed by atoms with Gasteiger partial charge in [0.2, 0.25) is 0 Å². The Kier molecular flexibility index (Phi) is 7.10. The average Bonchev–Trinajstić information content (AvgIpc) is 2.68. The van der Waals surface area contributed by atoms with Crippen molar-refractivity contribution >= 4 is 11.6 Å². The number of hydrogen-bond donors (Lipinski definition) is 2. The minimum absolute atomic E-state index is 0.0449. The van der Waals surface area contributed by atoms with Gasteiger partial charge in [0.05, 0.1) is 12.2 Å². The molecule has 0 aliphatic carbocycles. The van der Waals surface area contributed by atoms with Crippen LogP contribution in [-0.4, -0.2) is 73.0 Å². The summed E-state index contributed by atoms with van der Waals surface area (Å²) in [5.74, 6) is -0.196. The molecule has 2 heterocycles. The molecule has 27 heavy (non-hydrogen) atoms. The van der Waals surface area contributed by atoms with Crippen molar-refractivity contribution in [3.05, 3.63) is 30.3 Å². The fourth-order valence-corrected chi connectivity index (χ4v) is 3.88. The zero-order valence-electron chi connectivity index (χ0n) is 16.5. The molecule has 2 aliphatic heterocycles. The smallest absolute Gasteiger partial charge is 0.252 e. The van der Waals surface area contributed by atoms with Crippen LogP contribution in [0, 0.1) is 0 Å². The van der Waals surface area contributed by atoms with Crippen LogP contribution in [0.5, 0.6) is 0 Å². The molecule has 1 aromatic carbocycles. The number of rotatable bonds is 6. The van der Waals surface area contributed by atoms with Crippen molar-refractivity contribution in [1.29, 1.82) is 0 Å². The summed E-state index contributed by atoms with van der Waals surface area (Å²) in [6, 6.07) is 10.6. The van der Waals surface area contributed by atoms with Crippen molar-refractivity contribution in [1.82, 2.24) is 10.2 Å². The summed E-state index contributed by atoms with van der Waals surface area (Å²) >= 11 is 0. The van der Waals surface area contributed by atoms with Crippen molar-refractivity contribution in [2.24, 2.45) is 0 Å². The summed E-state index contributed by atoms with van der Waals surface area (Å²) in [7, 11) is 0. The Morgan fingerprint density at radius 2 is 1.89 bits per heavy atom. The van der Waals surface area contributed by atoms with Crippen LogP contribution < -0.4 is 10.2 Å². The first-order chi connectivity index (χ1) is 13.0. The minimum Gasteiger partial charge on any atom is -0.390 e. The van der Waals surface area contributed by atoms with E-state index in [1.807, 2.05) is 13.8 Å². The van der Waals surface area contributed by atoms with Crippen molar-refractivity contribution in [2.75, 3.05) is 37.6 Å². The largest absolute Gasteiger partial charge is 0.390 e. The van der Waals surface area contributed by atoms with Crippen molar-refractivity contribution in [3.63, 3.8) is 0 Å². The van der Waals surface area contributed by atoms with Crippen molar-refractivity contribution in [3.8, 4) is 0 Å². The Balaban J connectivity index is 1.42. The van der Waals surface area contributed by atoms with Gasteiger partial charge >= 0.3 is 0 Å². The lowest BCUT2D eigenvalue weighted by molar-refractivity contribution is -0.159. The van der Waals surface area contributed by atoms with Gasteiger partial charge in [0.1, 0.15) is 0 Å². The lowest BCUT2D eigenvalue weighted by Gasteiger charge is -2.38. The van der Waals surface area contributed by atoms with Crippen LogP contribution in [0.25, 0.3) is 0 Å². The lowest BCUT2D eigenvalue weighted by atomic mass is 9.98. The SMILES string of the molecule is CC(C)NC(=O)[C@@H]1O[C@H](CCN2CCN(c3ccccc3)CC2)CC[C@@H]1O. The van der Waals surface area contributed by atoms with Gasteiger partial charge in [-0.25, -0.2) is 0 Å². The first-order valence-electron chi connectivity index (χ1n) is 10.2. The van der Waals surface area contributed by atoms with Crippen LogP contribution >= 0.6 is 0 Å². The number of piperazine rings is 1. The number of carbonyl (C=O) groups is 1. The molecule has 0 saturated carbocycles. The zero-order valence-corrected chi connectivity index (χ0v) is 16.5. The van der Waals surface area contributed by atoms with Crippen LogP contribution in [0.1, 0.15) is 33.1 Å². The van der Waals surface area contributed by atoms with Crippen LogP contribution in [0.15, 0.2) is 30.3 Å². The number of aliphatic hydroxyl groups excluding tert-OH is 1. The second-order valence-corrected chi connectivity index (χ2v) is 7.94. The maximum absolute atomic E-state index is 12.2. The Morgan fingerprint density at radius 3 is 2.56 bits per heavy atom. The summed E-state index contributed by atoms with van der Waals surface area (Å²) in [5.41, 5.74) is 1.29. The third-order valence-electron chi connectivity index (χ3n) is 5.42. The molecule has 2 fully saturated rings. The molecule has 2 aliphatic rings. The highest BCUT2D eigenvalue weighted by Gasteiger charge is 2.35. The molecule has 0 spiro atoms. The van der Waals surface area contributed by atoms with Gasteiger partial charge in [-0.2, -0.15) is 0 Å². The van der Waals surface area contributed by atoms with Gasteiger partial charge in [-0.05, 0) is 45.2 Å². The van der Waals surface area contributed by atoms with Crippen molar-refractivity contribution < 1.29 is 14.6 Å². The fourth-order valence-electron chi connectivity index (χ4n) is 3.88. The monoisotopic (exact) mass is 375 g/mol. The van der Waals surface area contributed by atoms with E-state index < -0.39 is 12.2 Å². The van der Waals surface area contributed by atoms with Crippen LogP contribution in [-0.2, 0) is 9.53 Å². The lowest BCUT2D eigenvalue weighted by Crippen LogP contribution is -2.51. The molecule has 1 amide bonds. The normalized spacial score (nSPS) is 27.0. The second kappa shape index (κ2) is 9.53. The maximum Gasteiger partial charge on any atom is 0.252 e. The maximum atomic E-state index is 12.2. The summed E-state index contributed by atoms with van der Waals surface area (Å²) in [4.78, 5) is 17.1. The minimum atomic E-state index is -0.735. The van der Waals surface area contributed by atoms with Gasteiger partial charge in [-0.3, -0.25) is 9.69 Å². The number of carbonyl (C=O) groups excluding carboxylic acids is 1. The highest BCUT2D eigenvalue weighted by atomic mass is 16.5. The molecule has 3 rings (SSSR count). The van der Waals surface area contributed by atoms with Crippen LogP contribution in [0.4, 0.5) is 5.69 Å². The molecule has 2 N–H and O–H groups in total. The van der Waals surface area contributed by atoms with E-state index in [-0.39, 0.29) is 18.1 Å². The third kappa shape index (κ3) is 5.67. The number of anilines is 1. The first-order valence-corrected chi connectivity index (χ1v) is 10.2. The molecule has 150 valence electrons. The number of nitrogens with zero attached hydrogens (tertiary/aromatic N) is 2. The van der Waals surface area contributed by atoms with E-state index in [0.29, 0.717) is 6.42 Å². The number of nitrogens with one attached hydrogen (secondary N) is 1.